The number of aliphatic hydroxyl groups excluding tert-OH is 1. The van der Waals surface area contributed by atoms with Crippen molar-refractivity contribution in [1.29, 1.82) is 0 Å². The van der Waals surface area contributed by atoms with Crippen molar-refractivity contribution >= 4 is 17.3 Å². The van der Waals surface area contributed by atoms with Gasteiger partial charge in [0.2, 0.25) is 11.6 Å². The number of anilines is 2. The van der Waals surface area contributed by atoms with Gasteiger partial charge in [-0.1, -0.05) is 20.8 Å². The third-order valence-electron chi connectivity index (χ3n) is 2.70. The molecule has 0 aliphatic heterocycles. The smallest absolute Gasteiger partial charge is 0.353 e. The number of nitro groups is 1. The van der Waals surface area contributed by atoms with Gasteiger partial charge in [-0.15, -0.1) is 0 Å². The molecule has 1 atom stereocenters. The maximum atomic E-state index is 11.2. The molecule has 0 aliphatic carbocycles. The minimum Gasteiger partial charge on any atom is -0.391 e. The molecule has 1 rings (SSSR count). The highest BCUT2D eigenvalue weighted by Gasteiger charge is 2.23. The molecule has 0 aromatic carbocycles. The van der Waals surface area contributed by atoms with E-state index < -0.39 is 11.0 Å². The van der Waals surface area contributed by atoms with Crippen LogP contribution in [0.4, 0.5) is 17.3 Å². The number of nitrogens with one attached hydrogen (secondary N) is 2. The van der Waals surface area contributed by atoms with Crippen LogP contribution >= 0.6 is 0 Å². The number of nitrogens with zero attached hydrogens (tertiary/aromatic N) is 3. The van der Waals surface area contributed by atoms with E-state index in [0.717, 1.165) is 0 Å². The molecule has 0 bridgehead atoms. The monoisotopic (exact) mass is 297 g/mol. The van der Waals surface area contributed by atoms with Crippen LogP contribution in [0.2, 0.25) is 0 Å². The number of rotatable bonds is 7. The van der Waals surface area contributed by atoms with Crippen LogP contribution in [0, 0.1) is 15.5 Å². The second-order valence-corrected chi connectivity index (χ2v) is 6.01. The van der Waals surface area contributed by atoms with Crippen molar-refractivity contribution in [3.63, 3.8) is 0 Å². The molecular formula is C13H23N5O3. The molecule has 0 saturated heterocycles. The highest BCUT2D eigenvalue weighted by molar-refractivity contribution is 5.69. The molecule has 3 N–H and O–H groups in total. The molecular weight excluding hydrogens is 274 g/mol. The zero-order chi connectivity index (χ0) is 16.0. The molecule has 0 saturated carbocycles. The van der Waals surface area contributed by atoms with Crippen molar-refractivity contribution in [2.24, 2.45) is 5.41 Å². The van der Waals surface area contributed by atoms with Crippen molar-refractivity contribution in [3.8, 4) is 0 Å². The molecule has 1 aromatic rings. The van der Waals surface area contributed by atoms with Gasteiger partial charge >= 0.3 is 5.69 Å². The lowest BCUT2D eigenvalue weighted by atomic mass is 9.89. The summed E-state index contributed by atoms with van der Waals surface area (Å²) in [5.41, 5.74) is -0.226. The van der Waals surface area contributed by atoms with Crippen LogP contribution in [0.15, 0.2) is 6.33 Å². The number of aromatic nitrogens is 2. The second-order valence-electron chi connectivity index (χ2n) is 6.01. The maximum absolute atomic E-state index is 11.2. The van der Waals surface area contributed by atoms with Gasteiger partial charge in [0.05, 0.1) is 11.0 Å². The fraction of sp³-hybridized carbons (Fsp3) is 0.692. The van der Waals surface area contributed by atoms with Crippen molar-refractivity contribution in [1.82, 2.24) is 9.97 Å². The lowest BCUT2D eigenvalue weighted by Gasteiger charge is -2.22. The largest absolute Gasteiger partial charge is 0.391 e. The van der Waals surface area contributed by atoms with Crippen LogP contribution in [-0.4, -0.2) is 39.2 Å². The summed E-state index contributed by atoms with van der Waals surface area (Å²) in [6.07, 6.45) is 1.23. The van der Waals surface area contributed by atoms with Gasteiger partial charge in [0, 0.05) is 13.1 Å². The molecule has 1 aromatic heterocycles. The summed E-state index contributed by atoms with van der Waals surface area (Å²) in [5, 5.41) is 26.8. The van der Waals surface area contributed by atoms with Crippen molar-refractivity contribution in [2.75, 3.05) is 23.7 Å². The standard InChI is InChI=1S/C13H23N5O3/c1-5-14-11-10(18(20)21)12(17-8-16-11)15-7-9(19)6-13(2,3)4/h8-9,19H,5-7H2,1-4H3,(H2,14,15,16,17). The summed E-state index contributed by atoms with van der Waals surface area (Å²) in [6.45, 7) is 8.60. The summed E-state index contributed by atoms with van der Waals surface area (Å²) >= 11 is 0. The van der Waals surface area contributed by atoms with E-state index in [4.69, 9.17) is 0 Å². The summed E-state index contributed by atoms with van der Waals surface area (Å²) < 4.78 is 0. The number of aliphatic hydroxyl groups is 1. The molecule has 0 spiro atoms. The second kappa shape index (κ2) is 7.16. The lowest BCUT2D eigenvalue weighted by molar-refractivity contribution is -0.383. The first-order valence-corrected chi connectivity index (χ1v) is 6.89. The van der Waals surface area contributed by atoms with E-state index in [0.29, 0.717) is 13.0 Å². The van der Waals surface area contributed by atoms with Gasteiger partial charge in [-0.05, 0) is 18.8 Å². The zero-order valence-corrected chi connectivity index (χ0v) is 12.9. The first-order chi connectivity index (χ1) is 9.74. The van der Waals surface area contributed by atoms with Gasteiger partial charge in [0.25, 0.3) is 0 Å². The van der Waals surface area contributed by atoms with Crippen LogP contribution < -0.4 is 10.6 Å². The molecule has 118 valence electrons. The number of hydrogen-bond donors (Lipinski definition) is 3. The van der Waals surface area contributed by atoms with Gasteiger partial charge < -0.3 is 15.7 Å². The van der Waals surface area contributed by atoms with E-state index in [1.807, 2.05) is 27.7 Å². The van der Waals surface area contributed by atoms with Crippen LogP contribution in [0.1, 0.15) is 34.1 Å². The van der Waals surface area contributed by atoms with E-state index in [1.54, 1.807) is 0 Å². The lowest BCUT2D eigenvalue weighted by Crippen LogP contribution is -2.25. The Morgan fingerprint density at radius 1 is 1.33 bits per heavy atom. The molecule has 8 heteroatoms. The van der Waals surface area contributed by atoms with Crippen LogP contribution in [0.5, 0.6) is 0 Å². The average molecular weight is 297 g/mol. The van der Waals surface area contributed by atoms with Crippen LogP contribution in [0.3, 0.4) is 0 Å². The fourth-order valence-corrected chi connectivity index (χ4v) is 1.97. The normalized spacial score (nSPS) is 12.8. The highest BCUT2D eigenvalue weighted by Crippen LogP contribution is 2.29. The SMILES string of the molecule is CCNc1ncnc(NCC(O)CC(C)(C)C)c1[N+](=O)[O-]. The average Bonchev–Trinajstić information content (AvgIpc) is 2.34. The minimum absolute atomic E-state index is 0.0202. The quantitative estimate of drug-likeness (QED) is 0.521. The molecule has 1 unspecified atom stereocenters. The summed E-state index contributed by atoms with van der Waals surface area (Å²) in [5.74, 6) is 0.282. The van der Waals surface area contributed by atoms with Gasteiger partial charge in [0.15, 0.2) is 0 Å². The topological polar surface area (TPSA) is 113 Å². The predicted octanol–water partition coefficient (Wildman–Crippen LogP) is 2.03. The molecule has 1 heterocycles. The Labute approximate surface area is 124 Å². The van der Waals surface area contributed by atoms with Gasteiger partial charge in [-0.2, -0.15) is 0 Å². The first kappa shape index (κ1) is 17.1. The predicted molar refractivity (Wildman–Crippen MR) is 81.4 cm³/mol. The third-order valence-corrected chi connectivity index (χ3v) is 2.70. The fourth-order valence-electron chi connectivity index (χ4n) is 1.97. The summed E-state index contributed by atoms with van der Waals surface area (Å²) in [4.78, 5) is 18.4. The van der Waals surface area contributed by atoms with E-state index in [1.165, 1.54) is 6.33 Å². The van der Waals surface area contributed by atoms with Crippen molar-refractivity contribution < 1.29 is 10.0 Å². The Balaban J connectivity index is 2.83. The Kier molecular flexibility index (Phi) is 5.83. The van der Waals surface area contributed by atoms with Gasteiger partial charge in [0.1, 0.15) is 6.33 Å². The van der Waals surface area contributed by atoms with Gasteiger partial charge in [-0.25, -0.2) is 9.97 Å². The van der Waals surface area contributed by atoms with Gasteiger partial charge in [-0.3, -0.25) is 10.1 Å². The molecule has 21 heavy (non-hydrogen) atoms. The van der Waals surface area contributed by atoms with E-state index in [9.17, 15) is 15.2 Å². The van der Waals surface area contributed by atoms with E-state index >= 15 is 0 Å². The minimum atomic E-state index is -0.609. The summed E-state index contributed by atoms with van der Waals surface area (Å²) in [7, 11) is 0. The molecule has 8 nitrogen and oxygen atoms in total. The zero-order valence-electron chi connectivity index (χ0n) is 12.9. The highest BCUT2D eigenvalue weighted by atomic mass is 16.6. The first-order valence-electron chi connectivity index (χ1n) is 6.89. The van der Waals surface area contributed by atoms with Crippen molar-refractivity contribution in [2.45, 2.75) is 40.2 Å². The molecule has 0 aliphatic rings. The third kappa shape index (κ3) is 5.50. The van der Waals surface area contributed by atoms with Crippen molar-refractivity contribution in [3.05, 3.63) is 16.4 Å². The number of hydrogen-bond acceptors (Lipinski definition) is 7. The van der Waals surface area contributed by atoms with Crippen LogP contribution in [0.25, 0.3) is 0 Å². The maximum Gasteiger partial charge on any atom is 0.353 e. The Morgan fingerprint density at radius 3 is 2.38 bits per heavy atom. The molecule has 0 fully saturated rings. The summed E-state index contributed by atoms with van der Waals surface area (Å²) in [6, 6.07) is 0. The molecule has 0 amide bonds. The van der Waals surface area contributed by atoms with E-state index in [-0.39, 0.29) is 29.3 Å². The molecule has 0 radical (unpaired) electrons. The Hall–Kier alpha value is -1.96. The Bertz CT molecular complexity index is 487. The Morgan fingerprint density at radius 2 is 1.90 bits per heavy atom. The van der Waals surface area contributed by atoms with E-state index in [2.05, 4.69) is 20.6 Å². The van der Waals surface area contributed by atoms with Crippen LogP contribution in [-0.2, 0) is 0 Å².